The number of aromatic nitrogens is 4. The predicted octanol–water partition coefficient (Wildman–Crippen LogP) is 3.89. The lowest BCUT2D eigenvalue weighted by atomic mass is 10.2. The number of aromatic amines is 1. The van der Waals surface area contributed by atoms with Gasteiger partial charge in [0.2, 0.25) is 5.89 Å². The van der Waals surface area contributed by atoms with Gasteiger partial charge in [-0.05, 0) is 25.1 Å². The molecule has 22 heavy (non-hydrogen) atoms. The van der Waals surface area contributed by atoms with E-state index in [1.807, 2.05) is 6.92 Å². The number of benzene rings is 1. The zero-order chi connectivity index (χ0) is 15.7. The van der Waals surface area contributed by atoms with Crippen LogP contribution >= 0.6 is 23.2 Å². The lowest BCUT2D eigenvalue weighted by molar-refractivity contribution is 0.165. The van der Waals surface area contributed by atoms with Crippen molar-refractivity contribution in [3.63, 3.8) is 0 Å². The van der Waals surface area contributed by atoms with Gasteiger partial charge >= 0.3 is 0 Å². The standard InChI is InChI=1S/C14H12Cl2N4O2/c1-7-12(19-20-18-7)13-11(6-21-2)22-14(17-13)8-3-4-9(15)10(16)5-8/h3-5H,6H2,1-2H3,(H,18,19,20). The molecule has 0 aliphatic heterocycles. The normalized spacial score (nSPS) is 11.1. The molecule has 0 radical (unpaired) electrons. The summed E-state index contributed by atoms with van der Waals surface area (Å²) in [5.41, 5.74) is 2.67. The minimum atomic E-state index is 0.274. The van der Waals surface area contributed by atoms with Gasteiger partial charge in [0.1, 0.15) is 18.0 Å². The zero-order valence-corrected chi connectivity index (χ0v) is 13.4. The van der Waals surface area contributed by atoms with Crippen molar-refractivity contribution in [2.75, 3.05) is 7.11 Å². The van der Waals surface area contributed by atoms with Gasteiger partial charge in [-0.2, -0.15) is 15.4 Å². The van der Waals surface area contributed by atoms with Crippen molar-refractivity contribution in [3.8, 4) is 22.8 Å². The molecular formula is C14H12Cl2N4O2. The van der Waals surface area contributed by atoms with E-state index in [0.717, 1.165) is 11.3 Å². The number of halogens is 2. The molecule has 6 nitrogen and oxygen atoms in total. The van der Waals surface area contributed by atoms with Crippen LogP contribution in [0.2, 0.25) is 10.0 Å². The first-order chi connectivity index (χ1) is 10.6. The highest BCUT2D eigenvalue weighted by atomic mass is 35.5. The molecule has 2 heterocycles. The Morgan fingerprint density at radius 3 is 2.64 bits per heavy atom. The van der Waals surface area contributed by atoms with Gasteiger partial charge in [-0.25, -0.2) is 4.98 Å². The monoisotopic (exact) mass is 338 g/mol. The van der Waals surface area contributed by atoms with Crippen LogP contribution in [0.1, 0.15) is 11.5 Å². The number of rotatable bonds is 4. The van der Waals surface area contributed by atoms with Crippen LogP contribution in [0.4, 0.5) is 0 Å². The van der Waals surface area contributed by atoms with E-state index < -0.39 is 0 Å². The van der Waals surface area contributed by atoms with Crippen LogP contribution in [0.5, 0.6) is 0 Å². The molecule has 0 unspecified atom stereocenters. The fraction of sp³-hybridized carbons (Fsp3) is 0.214. The second-order valence-corrected chi connectivity index (χ2v) is 5.42. The first-order valence-corrected chi connectivity index (χ1v) is 7.17. The van der Waals surface area contributed by atoms with Gasteiger partial charge in [0.05, 0.1) is 15.7 Å². The van der Waals surface area contributed by atoms with E-state index in [1.54, 1.807) is 25.3 Å². The molecule has 3 aromatic rings. The Balaban J connectivity index is 2.10. The first kappa shape index (κ1) is 15.0. The van der Waals surface area contributed by atoms with Crippen molar-refractivity contribution in [2.24, 2.45) is 0 Å². The van der Waals surface area contributed by atoms with Crippen molar-refractivity contribution in [1.29, 1.82) is 0 Å². The van der Waals surface area contributed by atoms with Gasteiger partial charge in [0, 0.05) is 12.7 Å². The molecule has 1 aromatic carbocycles. The molecule has 0 bridgehead atoms. The van der Waals surface area contributed by atoms with Crippen LogP contribution < -0.4 is 0 Å². The molecule has 0 amide bonds. The number of H-pyrrole nitrogens is 1. The van der Waals surface area contributed by atoms with Crippen LogP contribution in [-0.4, -0.2) is 27.5 Å². The summed E-state index contributed by atoms with van der Waals surface area (Å²) >= 11 is 12.0. The van der Waals surface area contributed by atoms with Crippen LogP contribution in [0.25, 0.3) is 22.8 Å². The molecule has 0 aliphatic carbocycles. The summed E-state index contributed by atoms with van der Waals surface area (Å²) in [4.78, 5) is 4.50. The number of hydrogen-bond acceptors (Lipinski definition) is 5. The quantitative estimate of drug-likeness (QED) is 0.780. The number of ether oxygens (including phenoxy) is 1. The largest absolute Gasteiger partial charge is 0.438 e. The summed E-state index contributed by atoms with van der Waals surface area (Å²) < 4.78 is 11.0. The summed E-state index contributed by atoms with van der Waals surface area (Å²) in [6, 6.07) is 5.18. The molecule has 0 saturated heterocycles. The molecule has 0 saturated carbocycles. The molecule has 0 fully saturated rings. The molecule has 0 spiro atoms. The summed E-state index contributed by atoms with van der Waals surface area (Å²) in [5.74, 6) is 0.989. The summed E-state index contributed by atoms with van der Waals surface area (Å²) in [6.45, 7) is 2.11. The molecule has 114 valence electrons. The van der Waals surface area contributed by atoms with Crippen molar-refractivity contribution in [3.05, 3.63) is 39.7 Å². The van der Waals surface area contributed by atoms with Gasteiger partial charge in [-0.3, -0.25) is 0 Å². The average molecular weight is 339 g/mol. The highest BCUT2D eigenvalue weighted by Crippen LogP contribution is 2.32. The fourth-order valence-corrected chi connectivity index (χ4v) is 2.32. The maximum Gasteiger partial charge on any atom is 0.227 e. The van der Waals surface area contributed by atoms with E-state index in [4.69, 9.17) is 32.4 Å². The lowest BCUT2D eigenvalue weighted by Crippen LogP contribution is -1.90. The van der Waals surface area contributed by atoms with Gasteiger partial charge < -0.3 is 9.15 Å². The Morgan fingerprint density at radius 2 is 2.00 bits per heavy atom. The van der Waals surface area contributed by atoms with E-state index in [0.29, 0.717) is 33.1 Å². The molecule has 8 heteroatoms. The van der Waals surface area contributed by atoms with Gasteiger partial charge in [-0.1, -0.05) is 23.2 Å². The van der Waals surface area contributed by atoms with Crippen LogP contribution in [0.15, 0.2) is 22.6 Å². The van der Waals surface area contributed by atoms with Gasteiger partial charge in [-0.15, -0.1) is 0 Å². The lowest BCUT2D eigenvalue weighted by Gasteiger charge is -1.98. The molecular weight excluding hydrogens is 327 g/mol. The average Bonchev–Trinajstić information content (AvgIpc) is 3.08. The number of hydrogen-bond donors (Lipinski definition) is 1. The van der Waals surface area contributed by atoms with Crippen LogP contribution in [-0.2, 0) is 11.3 Å². The number of nitrogens with zero attached hydrogens (tertiary/aromatic N) is 3. The van der Waals surface area contributed by atoms with E-state index in [1.165, 1.54) is 0 Å². The summed E-state index contributed by atoms with van der Waals surface area (Å²) in [7, 11) is 1.58. The third-order valence-electron chi connectivity index (χ3n) is 3.09. The van der Waals surface area contributed by atoms with Crippen molar-refractivity contribution >= 4 is 23.2 Å². The SMILES string of the molecule is COCc1oc(-c2ccc(Cl)c(Cl)c2)nc1-c1n[nH]nc1C. The Labute approximate surface area is 136 Å². The molecule has 0 aliphatic rings. The summed E-state index contributed by atoms with van der Waals surface area (Å²) in [6.07, 6.45) is 0. The van der Waals surface area contributed by atoms with Gasteiger partial charge in [0.25, 0.3) is 0 Å². The Hall–Kier alpha value is -1.89. The number of aryl methyl sites for hydroxylation is 1. The van der Waals surface area contributed by atoms with E-state index in [-0.39, 0.29) is 6.61 Å². The minimum Gasteiger partial charge on any atom is -0.438 e. The molecule has 1 N–H and O–H groups in total. The van der Waals surface area contributed by atoms with Crippen LogP contribution in [0, 0.1) is 6.92 Å². The van der Waals surface area contributed by atoms with Crippen molar-refractivity contribution in [2.45, 2.75) is 13.5 Å². The van der Waals surface area contributed by atoms with Crippen LogP contribution in [0.3, 0.4) is 0 Å². The number of nitrogens with one attached hydrogen (secondary N) is 1. The maximum atomic E-state index is 6.04. The number of oxazole rings is 1. The van der Waals surface area contributed by atoms with E-state index in [2.05, 4.69) is 20.4 Å². The Morgan fingerprint density at radius 1 is 1.18 bits per heavy atom. The zero-order valence-electron chi connectivity index (χ0n) is 11.9. The molecule has 0 atom stereocenters. The van der Waals surface area contributed by atoms with Gasteiger partial charge in [0.15, 0.2) is 5.76 Å². The predicted molar refractivity (Wildman–Crippen MR) is 82.8 cm³/mol. The highest BCUT2D eigenvalue weighted by Gasteiger charge is 2.20. The maximum absolute atomic E-state index is 6.04. The van der Waals surface area contributed by atoms with E-state index >= 15 is 0 Å². The first-order valence-electron chi connectivity index (χ1n) is 6.42. The topological polar surface area (TPSA) is 76.8 Å². The summed E-state index contributed by atoms with van der Waals surface area (Å²) in [5, 5.41) is 11.6. The van der Waals surface area contributed by atoms with Crippen molar-refractivity contribution < 1.29 is 9.15 Å². The highest BCUT2D eigenvalue weighted by molar-refractivity contribution is 6.42. The number of methoxy groups -OCH3 is 1. The second-order valence-electron chi connectivity index (χ2n) is 4.61. The van der Waals surface area contributed by atoms with Crippen molar-refractivity contribution in [1.82, 2.24) is 20.4 Å². The Kier molecular flexibility index (Phi) is 4.15. The smallest absolute Gasteiger partial charge is 0.227 e. The van der Waals surface area contributed by atoms with E-state index in [9.17, 15) is 0 Å². The molecule has 3 rings (SSSR count). The minimum absolute atomic E-state index is 0.274. The Bertz CT molecular complexity index is 813. The third-order valence-corrected chi connectivity index (χ3v) is 3.82. The second kappa shape index (κ2) is 6.08. The third kappa shape index (κ3) is 2.72. The fourth-order valence-electron chi connectivity index (χ4n) is 2.03. The molecule has 2 aromatic heterocycles.